The molecule has 0 fully saturated rings. The number of hydrogen-bond acceptors (Lipinski definition) is 5. The molecule has 1 aromatic carbocycles. The van der Waals surface area contributed by atoms with Crippen LogP contribution in [0.2, 0.25) is 0 Å². The predicted octanol–water partition coefficient (Wildman–Crippen LogP) is 1.59. The molecule has 9 nitrogen and oxygen atoms in total. The molecule has 0 saturated heterocycles. The highest BCUT2D eigenvalue weighted by Gasteiger charge is 2.24. The summed E-state index contributed by atoms with van der Waals surface area (Å²) in [6.07, 6.45) is 0.292. The van der Waals surface area contributed by atoms with E-state index in [4.69, 9.17) is 5.73 Å². The molecule has 0 aliphatic carbocycles. The minimum Gasteiger partial charge on any atom is -0.370 e. The van der Waals surface area contributed by atoms with Crippen LogP contribution >= 0.6 is 0 Å². The molecule has 4 N–H and O–H groups in total. The van der Waals surface area contributed by atoms with Crippen LogP contribution in [-0.4, -0.2) is 28.5 Å². The second kappa shape index (κ2) is 7.07. The van der Waals surface area contributed by atoms with Crippen molar-refractivity contribution in [3.63, 3.8) is 0 Å². The topological polar surface area (TPSA) is 135 Å². The van der Waals surface area contributed by atoms with Crippen LogP contribution in [0.15, 0.2) is 28.3 Å². The summed E-state index contributed by atoms with van der Waals surface area (Å²) in [5.41, 5.74) is 9.44. The van der Waals surface area contributed by atoms with Crippen LogP contribution in [0.4, 0.5) is 11.4 Å². The Labute approximate surface area is 139 Å². The number of hydrogen-bond donors (Lipinski definition) is 3. The zero-order chi connectivity index (χ0) is 17.9. The number of guanidine groups is 1. The molecular weight excluding hydrogens is 312 g/mol. The van der Waals surface area contributed by atoms with E-state index in [2.05, 4.69) is 20.8 Å². The second-order valence-electron chi connectivity index (χ2n) is 5.86. The Morgan fingerprint density at radius 2 is 2.25 bits per heavy atom. The Morgan fingerprint density at radius 1 is 1.54 bits per heavy atom. The van der Waals surface area contributed by atoms with Crippen LogP contribution in [0.3, 0.4) is 0 Å². The smallest absolute Gasteiger partial charge is 0.293 e. The molecule has 0 saturated carbocycles. The Kier molecular flexibility index (Phi) is 5.12. The number of nitro groups is 1. The molecule has 1 atom stereocenters. The van der Waals surface area contributed by atoms with E-state index in [1.54, 1.807) is 12.1 Å². The predicted molar refractivity (Wildman–Crippen MR) is 91.9 cm³/mol. The van der Waals surface area contributed by atoms with Gasteiger partial charge < -0.3 is 11.1 Å². The van der Waals surface area contributed by atoms with Gasteiger partial charge in [0.2, 0.25) is 5.91 Å². The number of nitro benzene ring substituents is 1. The number of aliphatic imine (C=N–C) groups is 1. The van der Waals surface area contributed by atoms with Crippen LogP contribution in [0.1, 0.15) is 32.8 Å². The summed E-state index contributed by atoms with van der Waals surface area (Å²) in [6.45, 7) is 5.55. The molecule has 0 spiro atoms. The lowest BCUT2D eigenvalue weighted by Gasteiger charge is -2.19. The first-order valence-electron chi connectivity index (χ1n) is 7.53. The van der Waals surface area contributed by atoms with Crippen LogP contribution in [0, 0.1) is 16.0 Å². The number of nitrogens with zero attached hydrogens (tertiary/aromatic N) is 3. The van der Waals surface area contributed by atoms with E-state index in [1.165, 1.54) is 6.07 Å². The van der Waals surface area contributed by atoms with Gasteiger partial charge in [0.15, 0.2) is 5.96 Å². The first-order valence-corrected chi connectivity index (χ1v) is 7.53. The summed E-state index contributed by atoms with van der Waals surface area (Å²) >= 11 is 0. The molecule has 1 aromatic rings. The van der Waals surface area contributed by atoms with Crippen molar-refractivity contribution in [2.45, 2.75) is 33.2 Å². The van der Waals surface area contributed by atoms with Crippen LogP contribution in [0.25, 0.3) is 0 Å². The first-order chi connectivity index (χ1) is 11.3. The first kappa shape index (κ1) is 17.4. The Morgan fingerprint density at radius 3 is 2.83 bits per heavy atom. The fourth-order valence-electron chi connectivity index (χ4n) is 2.40. The van der Waals surface area contributed by atoms with Crippen molar-refractivity contribution in [1.29, 1.82) is 0 Å². The number of nitrogens with two attached hydrogens (primary N) is 1. The van der Waals surface area contributed by atoms with Gasteiger partial charge in [-0.15, -0.1) is 0 Å². The summed E-state index contributed by atoms with van der Waals surface area (Å²) in [5, 5.41) is 18.1. The average Bonchev–Trinajstić information content (AvgIpc) is 2.46. The molecule has 9 heteroatoms. The van der Waals surface area contributed by atoms with Crippen LogP contribution in [-0.2, 0) is 4.79 Å². The van der Waals surface area contributed by atoms with Gasteiger partial charge in [-0.25, -0.2) is 5.43 Å². The number of hydrazone groups is 1. The fourth-order valence-corrected chi connectivity index (χ4v) is 2.40. The maximum absolute atomic E-state index is 11.4. The third-order valence-electron chi connectivity index (χ3n) is 3.41. The van der Waals surface area contributed by atoms with E-state index in [0.29, 0.717) is 17.7 Å². The largest absolute Gasteiger partial charge is 0.370 e. The summed E-state index contributed by atoms with van der Waals surface area (Å²) in [4.78, 5) is 26.3. The molecule has 2 rings (SSSR count). The van der Waals surface area contributed by atoms with Gasteiger partial charge in [-0.3, -0.25) is 19.9 Å². The zero-order valence-corrected chi connectivity index (χ0v) is 13.7. The number of carbonyl (C=O) groups excluding carboxylic acids is 1. The number of amides is 1. The third kappa shape index (κ3) is 4.06. The van der Waals surface area contributed by atoms with Gasteiger partial charge in [-0.05, 0) is 19.9 Å². The van der Waals surface area contributed by atoms with Crippen molar-refractivity contribution in [3.8, 4) is 0 Å². The molecule has 1 heterocycles. The molecule has 0 bridgehead atoms. The number of rotatable bonds is 4. The van der Waals surface area contributed by atoms with Crippen molar-refractivity contribution in [2.75, 3.05) is 5.32 Å². The Bertz CT molecular complexity index is 726. The van der Waals surface area contributed by atoms with Gasteiger partial charge in [0.25, 0.3) is 5.69 Å². The molecule has 24 heavy (non-hydrogen) atoms. The highest BCUT2D eigenvalue weighted by molar-refractivity contribution is 6.07. The van der Waals surface area contributed by atoms with Gasteiger partial charge in [0.1, 0.15) is 5.69 Å². The molecule has 1 amide bonds. The number of anilines is 1. The standard InChI is InChI=1S/C15H20N6O3/c1-8(2)17-15(16)18-11-5-4-10(7-12(11)21(23)24)14-9(3)6-13(22)19-20-14/h4-5,7-9H,6H2,1-3H3,(H,19,22)(H3,16,17,18). The van der Waals surface area contributed by atoms with Crippen molar-refractivity contribution >= 4 is 29.0 Å². The summed E-state index contributed by atoms with van der Waals surface area (Å²) in [6, 6.07) is 4.64. The van der Waals surface area contributed by atoms with E-state index in [1.807, 2.05) is 20.8 Å². The van der Waals surface area contributed by atoms with Crippen LogP contribution in [0.5, 0.6) is 0 Å². The quantitative estimate of drug-likeness (QED) is 0.333. The molecule has 1 aliphatic rings. The molecule has 1 aliphatic heterocycles. The van der Waals surface area contributed by atoms with Gasteiger partial charge >= 0.3 is 0 Å². The lowest BCUT2D eigenvalue weighted by atomic mass is 9.93. The molecule has 128 valence electrons. The van der Waals surface area contributed by atoms with E-state index in [0.717, 1.165) is 0 Å². The van der Waals surface area contributed by atoms with E-state index in [-0.39, 0.29) is 35.2 Å². The van der Waals surface area contributed by atoms with Crippen molar-refractivity contribution in [1.82, 2.24) is 5.43 Å². The molecule has 0 radical (unpaired) electrons. The Hall–Kier alpha value is -2.97. The Balaban J connectivity index is 2.37. The monoisotopic (exact) mass is 332 g/mol. The normalized spacial score (nSPS) is 18.2. The van der Waals surface area contributed by atoms with E-state index >= 15 is 0 Å². The molecule has 0 aromatic heterocycles. The maximum Gasteiger partial charge on any atom is 0.293 e. The van der Waals surface area contributed by atoms with Gasteiger partial charge in [-0.1, -0.05) is 13.0 Å². The second-order valence-corrected chi connectivity index (χ2v) is 5.86. The fraction of sp³-hybridized carbons (Fsp3) is 0.400. The third-order valence-corrected chi connectivity index (χ3v) is 3.41. The lowest BCUT2D eigenvalue weighted by Crippen LogP contribution is -2.32. The maximum atomic E-state index is 11.4. The van der Waals surface area contributed by atoms with Gasteiger partial charge in [0, 0.05) is 30.0 Å². The van der Waals surface area contributed by atoms with Crippen molar-refractivity contribution in [3.05, 3.63) is 33.9 Å². The van der Waals surface area contributed by atoms with Gasteiger partial charge in [-0.2, -0.15) is 5.10 Å². The highest BCUT2D eigenvalue weighted by atomic mass is 16.6. The van der Waals surface area contributed by atoms with Crippen molar-refractivity contribution < 1.29 is 9.72 Å². The van der Waals surface area contributed by atoms with E-state index in [9.17, 15) is 14.9 Å². The molecule has 1 unspecified atom stereocenters. The summed E-state index contributed by atoms with van der Waals surface area (Å²) < 4.78 is 0. The minimum absolute atomic E-state index is 0.0307. The zero-order valence-electron chi connectivity index (χ0n) is 13.7. The van der Waals surface area contributed by atoms with E-state index < -0.39 is 4.92 Å². The highest BCUT2D eigenvalue weighted by Crippen LogP contribution is 2.28. The lowest BCUT2D eigenvalue weighted by molar-refractivity contribution is -0.383. The SMILES string of the molecule is CC(C)N=C(N)Nc1ccc(C2=NNC(=O)CC2C)cc1[N+](=O)[O-]. The number of carbonyl (C=O) groups is 1. The summed E-state index contributed by atoms with van der Waals surface area (Å²) in [5.74, 6) is -0.182. The number of benzene rings is 1. The minimum atomic E-state index is -0.499. The van der Waals surface area contributed by atoms with Gasteiger partial charge in [0.05, 0.1) is 10.6 Å². The van der Waals surface area contributed by atoms with Crippen molar-refractivity contribution in [2.24, 2.45) is 21.7 Å². The summed E-state index contributed by atoms with van der Waals surface area (Å²) in [7, 11) is 0. The number of nitrogens with one attached hydrogen (secondary N) is 2. The van der Waals surface area contributed by atoms with Crippen LogP contribution < -0.4 is 16.5 Å². The average molecular weight is 332 g/mol. The molecular formula is C15H20N6O3.